The lowest BCUT2D eigenvalue weighted by Gasteiger charge is -2.35. The van der Waals surface area contributed by atoms with Crippen molar-refractivity contribution in [1.29, 1.82) is 0 Å². The number of carbonyl (C=O) groups is 1. The zero-order valence-electron chi connectivity index (χ0n) is 16.4. The van der Waals surface area contributed by atoms with E-state index in [1.807, 2.05) is 0 Å². The van der Waals surface area contributed by atoms with Crippen LogP contribution in [0.25, 0.3) is 0 Å². The first-order chi connectivity index (χ1) is 15.1. The van der Waals surface area contributed by atoms with Crippen LogP contribution >= 0.6 is 0 Å². The van der Waals surface area contributed by atoms with Gasteiger partial charge in [-0.2, -0.15) is 13.2 Å². The molecule has 1 heterocycles. The molecule has 0 aromatic heterocycles. The van der Waals surface area contributed by atoms with Crippen LogP contribution in [-0.4, -0.2) is 53.4 Å². The van der Waals surface area contributed by atoms with E-state index in [-0.39, 0.29) is 43.3 Å². The second-order valence-electron chi connectivity index (χ2n) is 6.84. The second-order valence-corrected chi connectivity index (χ2v) is 6.84. The Labute approximate surface area is 179 Å². The van der Waals surface area contributed by atoms with Gasteiger partial charge in [-0.05, 0) is 18.2 Å². The number of carbonyl (C=O) groups excluding carboxylic acids is 1. The summed E-state index contributed by atoms with van der Waals surface area (Å²) in [5.41, 5.74) is -2.03. The third kappa shape index (κ3) is 5.04. The number of halogens is 3. The van der Waals surface area contributed by atoms with Crippen LogP contribution in [0.2, 0.25) is 0 Å². The molecule has 13 heteroatoms. The van der Waals surface area contributed by atoms with E-state index in [1.54, 1.807) is 0 Å². The van der Waals surface area contributed by atoms with Crippen molar-refractivity contribution >= 4 is 23.0 Å². The van der Waals surface area contributed by atoms with Gasteiger partial charge in [0.15, 0.2) is 12.4 Å². The van der Waals surface area contributed by atoms with Gasteiger partial charge in [0.05, 0.1) is 15.4 Å². The number of nitrogens with zero attached hydrogens (tertiary/aromatic N) is 4. The predicted octanol–water partition coefficient (Wildman–Crippen LogP) is 3.25. The molecule has 10 nitrogen and oxygen atoms in total. The van der Waals surface area contributed by atoms with Gasteiger partial charge in [-0.1, -0.05) is 12.1 Å². The van der Waals surface area contributed by atoms with Crippen molar-refractivity contribution in [2.45, 2.75) is 6.18 Å². The molecule has 1 fully saturated rings. The highest BCUT2D eigenvalue weighted by molar-refractivity contribution is 5.78. The number of anilines is 1. The Bertz CT molecular complexity index is 1040. The van der Waals surface area contributed by atoms with Crippen LogP contribution in [0.1, 0.15) is 5.56 Å². The largest absolute Gasteiger partial charge is 0.477 e. The van der Waals surface area contributed by atoms with Gasteiger partial charge in [0.1, 0.15) is 5.69 Å². The molecule has 1 amide bonds. The Hall–Kier alpha value is -3.90. The summed E-state index contributed by atoms with van der Waals surface area (Å²) >= 11 is 0. The predicted molar refractivity (Wildman–Crippen MR) is 105 cm³/mol. The molecule has 170 valence electrons. The molecule has 3 rings (SSSR count). The smallest absolute Gasteiger partial charge is 0.416 e. The van der Waals surface area contributed by atoms with Gasteiger partial charge in [-0.25, -0.2) is 0 Å². The Kier molecular flexibility index (Phi) is 6.46. The summed E-state index contributed by atoms with van der Waals surface area (Å²) in [7, 11) is 0. The molecule has 1 saturated heterocycles. The standard InChI is InChI=1S/C19H17F3N4O6/c20-19(21,22)13-5-6-14(16(11-13)26(30)31)23-7-9-24(10-8-23)18(27)12-32-17-4-2-1-3-15(17)25(28)29/h1-6,11H,7-10,12H2. The third-order valence-electron chi connectivity index (χ3n) is 4.89. The van der Waals surface area contributed by atoms with E-state index in [0.29, 0.717) is 6.07 Å². The van der Waals surface area contributed by atoms with E-state index < -0.39 is 39.8 Å². The van der Waals surface area contributed by atoms with Crippen LogP contribution in [0.4, 0.5) is 30.2 Å². The highest BCUT2D eigenvalue weighted by atomic mass is 19.4. The van der Waals surface area contributed by atoms with Crippen molar-refractivity contribution in [3.05, 3.63) is 68.3 Å². The molecule has 0 radical (unpaired) electrons. The van der Waals surface area contributed by atoms with Crippen molar-refractivity contribution in [3.63, 3.8) is 0 Å². The van der Waals surface area contributed by atoms with E-state index in [0.717, 1.165) is 12.1 Å². The second kappa shape index (κ2) is 9.08. The quantitative estimate of drug-likeness (QED) is 0.485. The molecule has 0 bridgehead atoms. The molecule has 0 aliphatic carbocycles. The minimum absolute atomic E-state index is 0.0336. The van der Waals surface area contributed by atoms with E-state index in [4.69, 9.17) is 4.74 Å². The number of nitro groups is 2. The maximum absolute atomic E-state index is 12.9. The number of hydrogen-bond donors (Lipinski definition) is 0. The molecule has 2 aromatic carbocycles. The van der Waals surface area contributed by atoms with Crippen molar-refractivity contribution < 1.29 is 32.5 Å². The lowest BCUT2D eigenvalue weighted by Crippen LogP contribution is -2.50. The molecule has 0 N–H and O–H groups in total. The summed E-state index contributed by atoms with van der Waals surface area (Å²) < 4.78 is 43.9. The first-order valence-corrected chi connectivity index (χ1v) is 9.32. The number of piperazine rings is 1. The van der Waals surface area contributed by atoms with Crippen LogP contribution < -0.4 is 9.64 Å². The molecular weight excluding hydrogens is 437 g/mol. The van der Waals surface area contributed by atoms with Crippen molar-refractivity contribution in [2.75, 3.05) is 37.7 Å². The Morgan fingerprint density at radius 3 is 2.19 bits per heavy atom. The molecule has 32 heavy (non-hydrogen) atoms. The highest BCUT2D eigenvalue weighted by Gasteiger charge is 2.34. The Morgan fingerprint density at radius 1 is 0.969 bits per heavy atom. The average molecular weight is 454 g/mol. The lowest BCUT2D eigenvalue weighted by molar-refractivity contribution is -0.385. The first-order valence-electron chi connectivity index (χ1n) is 9.32. The molecular formula is C19H17F3N4O6. The number of amides is 1. The van der Waals surface area contributed by atoms with E-state index in [2.05, 4.69) is 0 Å². The molecule has 0 saturated carbocycles. The number of rotatable bonds is 6. The fraction of sp³-hybridized carbons (Fsp3) is 0.316. The average Bonchev–Trinajstić information content (AvgIpc) is 2.76. The topological polar surface area (TPSA) is 119 Å². The number of benzene rings is 2. The summed E-state index contributed by atoms with van der Waals surface area (Å²) in [6, 6.07) is 7.93. The van der Waals surface area contributed by atoms with Crippen molar-refractivity contribution in [1.82, 2.24) is 4.90 Å². The van der Waals surface area contributed by atoms with E-state index in [1.165, 1.54) is 34.1 Å². The lowest BCUT2D eigenvalue weighted by atomic mass is 10.1. The SMILES string of the molecule is O=C(COc1ccccc1[N+](=O)[O-])N1CCN(c2ccc(C(F)(F)F)cc2[N+](=O)[O-])CC1. The van der Waals surface area contributed by atoms with Gasteiger partial charge in [-0.3, -0.25) is 25.0 Å². The summed E-state index contributed by atoms with van der Waals surface area (Å²) in [5, 5.41) is 22.3. The molecule has 0 atom stereocenters. The van der Waals surface area contributed by atoms with Crippen molar-refractivity contribution in [3.8, 4) is 5.75 Å². The van der Waals surface area contributed by atoms with Crippen LogP contribution in [0.5, 0.6) is 5.75 Å². The van der Waals surface area contributed by atoms with Gasteiger partial charge < -0.3 is 14.5 Å². The molecule has 1 aliphatic heterocycles. The summed E-state index contributed by atoms with van der Waals surface area (Å²) in [4.78, 5) is 36.2. The normalized spacial score (nSPS) is 14.2. The maximum Gasteiger partial charge on any atom is 0.416 e. The van der Waals surface area contributed by atoms with Gasteiger partial charge >= 0.3 is 11.9 Å². The van der Waals surface area contributed by atoms with Gasteiger partial charge in [0, 0.05) is 38.3 Å². The molecule has 0 spiro atoms. The number of nitro benzene ring substituents is 2. The fourth-order valence-electron chi connectivity index (χ4n) is 3.27. The maximum atomic E-state index is 12.9. The summed E-state index contributed by atoms with van der Waals surface area (Å²) in [5.74, 6) is -0.491. The number of hydrogen-bond acceptors (Lipinski definition) is 7. The van der Waals surface area contributed by atoms with E-state index in [9.17, 15) is 38.2 Å². The Balaban J connectivity index is 1.63. The van der Waals surface area contributed by atoms with Gasteiger partial charge in [0.25, 0.3) is 11.6 Å². The van der Waals surface area contributed by atoms with Crippen LogP contribution in [-0.2, 0) is 11.0 Å². The number of para-hydroxylation sites is 2. The summed E-state index contributed by atoms with van der Waals surface area (Å²) in [6.07, 6.45) is -4.71. The minimum Gasteiger partial charge on any atom is -0.477 e. The molecule has 0 unspecified atom stereocenters. The van der Waals surface area contributed by atoms with E-state index >= 15 is 0 Å². The summed E-state index contributed by atoms with van der Waals surface area (Å²) in [6.45, 7) is 0.173. The van der Waals surface area contributed by atoms with Crippen LogP contribution in [0, 0.1) is 20.2 Å². The van der Waals surface area contributed by atoms with Gasteiger partial charge in [-0.15, -0.1) is 0 Å². The first kappa shape index (κ1) is 22.8. The third-order valence-corrected chi connectivity index (χ3v) is 4.89. The fourth-order valence-corrected chi connectivity index (χ4v) is 3.27. The zero-order chi connectivity index (χ0) is 23.5. The molecule has 2 aromatic rings. The molecule has 1 aliphatic rings. The number of alkyl halides is 3. The monoisotopic (exact) mass is 454 g/mol. The zero-order valence-corrected chi connectivity index (χ0v) is 16.4. The van der Waals surface area contributed by atoms with Crippen molar-refractivity contribution in [2.24, 2.45) is 0 Å². The Morgan fingerprint density at radius 2 is 1.59 bits per heavy atom. The number of ether oxygens (including phenoxy) is 1. The van der Waals surface area contributed by atoms with Gasteiger partial charge in [0.2, 0.25) is 0 Å². The minimum atomic E-state index is -4.71. The van der Waals surface area contributed by atoms with Crippen LogP contribution in [0.15, 0.2) is 42.5 Å². The highest BCUT2D eigenvalue weighted by Crippen LogP contribution is 2.36. The van der Waals surface area contributed by atoms with Crippen LogP contribution in [0.3, 0.4) is 0 Å².